The Kier molecular flexibility index (Phi) is 46.0. The number of unbranched alkanes of at least 4 members (excludes halogenated alkanes) is 33. The summed E-state index contributed by atoms with van der Waals surface area (Å²) in [5.74, 6) is -1.77. The van der Waals surface area contributed by atoms with Crippen LogP contribution in [-0.2, 0) is 28.6 Å². The molecule has 0 radical (unpaired) electrons. The molecule has 0 aliphatic heterocycles. The largest absolute Gasteiger partial charge is 0.460 e. The molecular weight excluding hydrogens is 765 g/mol. The summed E-state index contributed by atoms with van der Waals surface area (Å²) in [5, 5.41) is 19.2. The van der Waals surface area contributed by atoms with E-state index in [1.165, 1.54) is 161 Å². The summed E-state index contributed by atoms with van der Waals surface area (Å²) in [6.45, 7) is 5.74. The van der Waals surface area contributed by atoms with Crippen molar-refractivity contribution in [1.82, 2.24) is 0 Å². The molecule has 0 fully saturated rings. The van der Waals surface area contributed by atoms with Gasteiger partial charge in [0.2, 0.25) is 6.10 Å². The second kappa shape index (κ2) is 47.5. The molecule has 0 spiro atoms. The minimum absolute atomic E-state index is 0.172. The van der Waals surface area contributed by atoms with Gasteiger partial charge in [-0.05, 0) is 51.4 Å². The number of allylic oxidation sites excluding steroid dienone is 2. The maximum Gasteiger partial charge on any atom is 0.351 e. The van der Waals surface area contributed by atoms with Gasteiger partial charge in [-0.1, -0.05) is 226 Å². The van der Waals surface area contributed by atoms with Gasteiger partial charge in [0.1, 0.15) is 18.8 Å². The molecule has 0 aromatic carbocycles. The molecule has 0 saturated carbocycles. The molecule has 0 heterocycles. The molecule has 0 aromatic rings. The molecule has 0 aliphatic carbocycles. The van der Waals surface area contributed by atoms with E-state index in [9.17, 15) is 24.6 Å². The minimum atomic E-state index is -1.42. The van der Waals surface area contributed by atoms with Gasteiger partial charge in [0, 0.05) is 12.8 Å². The van der Waals surface area contributed by atoms with Crippen LogP contribution in [0.5, 0.6) is 0 Å². The standard InChI is InChI=1S/C53H100O8/c1-4-7-10-13-16-19-22-25-28-31-34-37-40-43-49(60-50(56)44-41-38-35-32-29-26-23-20-17-14-11-8-5-2)52(53(58)59-47-48(55)46-54)61-51(57)45-42-39-36-33-30-27-24-21-18-15-12-9-6-3/h25,28,48-49,52,54-55H,4-24,26-27,29-47H2,1-3H3/b28-25-. The van der Waals surface area contributed by atoms with Crippen molar-refractivity contribution in [3.05, 3.63) is 12.2 Å². The molecule has 0 amide bonds. The third-order valence-corrected chi connectivity index (χ3v) is 12.0. The van der Waals surface area contributed by atoms with Gasteiger partial charge in [-0.2, -0.15) is 0 Å². The van der Waals surface area contributed by atoms with Gasteiger partial charge in [0.25, 0.3) is 0 Å². The molecule has 3 unspecified atom stereocenters. The number of hydrogen-bond donors (Lipinski definition) is 2. The fourth-order valence-electron chi connectivity index (χ4n) is 7.93. The zero-order valence-corrected chi connectivity index (χ0v) is 40.4. The topological polar surface area (TPSA) is 119 Å². The molecule has 3 atom stereocenters. The Morgan fingerprint density at radius 2 is 0.770 bits per heavy atom. The maximum absolute atomic E-state index is 13.4. The molecule has 2 N–H and O–H groups in total. The Morgan fingerprint density at radius 1 is 0.443 bits per heavy atom. The van der Waals surface area contributed by atoms with Gasteiger partial charge >= 0.3 is 17.9 Å². The Bertz CT molecular complexity index is 983. The summed E-state index contributed by atoms with van der Waals surface area (Å²) >= 11 is 0. The lowest BCUT2D eigenvalue weighted by atomic mass is 10.0. The first-order valence-electron chi connectivity index (χ1n) is 26.4. The predicted molar refractivity (Wildman–Crippen MR) is 255 cm³/mol. The SMILES string of the molecule is CCCCCCCC/C=C\CCCCCC(OC(=O)CCCCCCCCCCCCCCC)C(OC(=O)CCCCCCCCCCCCCCC)C(=O)OCC(O)CO. The average molecular weight is 865 g/mol. The van der Waals surface area contributed by atoms with E-state index in [4.69, 9.17) is 14.2 Å². The number of carbonyl (C=O) groups excluding carboxylic acids is 3. The normalized spacial score (nSPS) is 13.1. The van der Waals surface area contributed by atoms with E-state index in [-0.39, 0.29) is 12.8 Å². The lowest BCUT2D eigenvalue weighted by molar-refractivity contribution is -0.185. The van der Waals surface area contributed by atoms with Gasteiger partial charge < -0.3 is 24.4 Å². The zero-order valence-electron chi connectivity index (χ0n) is 40.4. The first kappa shape index (κ1) is 59.1. The van der Waals surface area contributed by atoms with Gasteiger partial charge in [0.05, 0.1) is 6.61 Å². The smallest absolute Gasteiger partial charge is 0.351 e. The summed E-state index contributed by atoms with van der Waals surface area (Å²) in [6.07, 6.45) is 45.4. The van der Waals surface area contributed by atoms with E-state index in [1.54, 1.807) is 0 Å². The Hall–Kier alpha value is -1.93. The number of hydrogen-bond acceptors (Lipinski definition) is 8. The molecule has 0 aliphatic rings. The van der Waals surface area contributed by atoms with Crippen LogP contribution >= 0.6 is 0 Å². The summed E-state index contributed by atoms with van der Waals surface area (Å²) in [5.41, 5.74) is 0. The number of aliphatic hydroxyl groups is 2. The van der Waals surface area contributed by atoms with Crippen LogP contribution in [0.25, 0.3) is 0 Å². The molecule has 0 bridgehead atoms. The number of esters is 3. The van der Waals surface area contributed by atoms with Crippen LogP contribution < -0.4 is 0 Å². The predicted octanol–water partition coefficient (Wildman–Crippen LogP) is 14.9. The third kappa shape index (κ3) is 41.8. The minimum Gasteiger partial charge on any atom is -0.460 e. The van der Waals surface area contributed by atoms with E-state index < -0.39 is 49.4 Å². The van der Waals surface area contributed by atoms with Gasteiger partial charge in [0.15, 0.2) is 0 Å². The highest BCUT2D eigenvalue weighted by Crippen LogP contribution is 2.21. The van der Waals surface area contributed by atoms with Crippen molar-refractivity contribution < 1.29 is 38.8 Å². The third-order valence-electron chi connectivity index (χ3n) is 12.0. The van der Waals surface area contributed by atoms with E-state index in [0.717, 1.165) is 57.8 Å². The molecule has 61 heavy (non-hydrogen) atoms. The quantitative estimate of drug-likeness (QED) is 0.0269. The first-order chi connectivity index (χ1) is 29.9. The lowest BCUT2D eigenvalue weighted by Gasteiger charge is -2.26. The fraction of sp³-hybridized carbons (Fsp3) is 0.906. The monoisotopic (exact) mass is 865 g/mol. The van der Waals surface area contributed by atoms with Gasteiger partial charge in [-0.25, -0.2) is 4.79 Å². The lowest BCUT2D eigenvalue weighted by Crippen LogP contribution is -2.43. The van der Waals surface area contributed by atoms with E-state index >= 15 is 0 Å². The molecule has 0 rings (SSSR count). The van der Waals surface area contributed by atoms with Crippen molar-refractivity contribution in [2.75, 3.05) is 13.2 Å². The number of ether oxygens (including phenoxy) is 3. The van der Waals surface area contributed by atoms with Crippen LogP contribution in [0.2, 0.25) is 0 Å². The Balaban J connectivity index is 5.10. The van der Waals surface area contributed by atoms with Gasteiger partial charge in [-0.15, -0.1) is 0 Å². The molecule has 8 heteroatoms. The van der Waals surface area contributed by atoms with E-state index in [0.29, 0.717) is 25.7 Å². The average Bonchev–Trinajstić information content (AvgIpc) is 3.26. The van der Waals surface area contributed by atoms with E-state index in [2.05, 4.69) is 32.9 Å². The Labute approximate surface area is 376 Å². The van der Waals surface area contributed by atoms with Crippen LogP contribution in [0.1, 0.15) is 278 Å². The van der Waals surface area contributed by atoms with Crippen LogP contribution in [0.4, 0.5) is 0 Å². The highest BCUT2D eigenvalue weighted by Gasteiger charge is 2.36. The van der Waals surface area contributed by atoms with Crippen LogP contribution in [0.3, 0.4) is 0 Å². The zero-order chi connectivity index (χ0) is 44.7. The van der Waals surface area contributed by atoms with Crippen molar-refractivity contribution in [3.8, 4) is 0 Å². The van der Waals surface area contributed by atoms with E-state index in [1.807, 2.05) is 0 Å². The molecule has 0 aromatic heterocycles. The second-order valence-corrected chi connectivity index (χ2v) is 18.1. The second-order valence-electron chi connectivity index (χ2n) is 18.1. The molecular formula is C53H100O8. The summed E-state index contributed by atoms with van der Waals surface area (Å²) in [4.78, 5) is 39.8. The highest BCUT2D eigenvalue weighted by atomic mass is 16.6. The van der Waals surface area contributed by atoms with Crippen molar-refractivity contribution in [1.29, 1.82) is 0 Å². The maximum atomic E-state index is 13.4. The number of carbonyl (C=O) groups is 3. The molecule has 0 saturated heterocycles. The summed E-state index contributed by atoms with van der Waals surface area (Å²) in [6, 6.07) is 0. The molecule has 8 nitrogen and oxygen atoms in total. The van der Waals surface area contributed by atoms with Crippen molar-refractivity contribution in [3.63, 3.8) is 0 Å². The molecule has 360 valence electrons. The number of rotatable bonds is 48. The highest BCUT2D eigenvalue weighted by molar-refractivity contribution is 5.80. The summed E-state index contributed by atoms with van der Waals surface area (Å²) < 4.78 is 17.1. The van der Waals surface area contributed by atoms with Crippen molar-refractivity contribution in [2.24, 2.45) is 0 Å². The van der Waals surface area contributed by atoms with Crippen molar-refractivity contribution in [2.45, 2.75) is 296 Å². The Morgan fingerprint density at radius 3 is 1.15 bits per heavy atom. The van der Waals surface area contributed by atoms with Gasteiger partial charge in [-0.3, -0.25) is 9.59 Å². The van der Waals surface area contributed by atoms with Crippen LogP contribution in [0.15, 0.2) is 12.2 Å². The van der Waals surface area contributed by atoms with Crippen molar-refractivity contribution >= 4 is 17.9 Å². The summed E-state index contributed by atoms with van der Waals surface area (Å²) in [7, 11) is 0. The first-order valence-corrected chi connectivity index (χ1v) is 26.4. The number of aliphatic hydroxyl groups excluding tert-OH is 2. The fourth-order valence-corrected chi connectivity index (χ4v) is 7.93. The van der Waals surface area contributed by atoms with Crippen LogP contribution in [0, 0.1) is 0 Å². The van der Waals surface area contributed by atoms with Crippen LogP contribution in [-0.4, -0.2) is 59.6 Å².